The molecule has 3 atom stereocenters. The van der Waals surface area contributed by atoms with Gasteiger partial charge in [0.25, 0.3) is 35.5 Å². The first-order valence-corrected chi connectivity index (χ1v) is 48.1. The van der Waals surface area contributed by atoms with Crippen molar-refractivity contribution < 1.29 is 64.9 Å². The zero-order valence-electron chi connectivity index (χ0n) is 77.8. The van der Waals surface area contributed by atoms with E-state index >= 15 is 0 Å². The van der Waals surface area contributed by atoms with Crippen LogP contribution in [0.2, 0.25) is 0 Å². The Morgan fingerprint density at radius 1 is 0.565 bits per heavy atom. The lowest BCUT2D eigenvalue weighted by Gasteiger charge is -2.38. The molecule has 3 N–H and O–H groups in total. The molecule has 8 aliphatic heterocycles. The number of nitriles is 2. The number of amides is 4. The Balaban J connectivity index is 0.000000123. The van der Waals surface area contributed by atoms with Gasteiger partial charge in [0.2, 0.25) is 17.6 Å². The van der Waals surface area contributed by atoms with Crippen molar-refractivity contribution in [1.29, 1.82) is 10.5 Å². The van der Waals surface area contributed by atoms with Gasteiger partial charge in [0, 0.05) is 160 Å². The molecule has 21 rings (SSSR count). The number of halogens is 5. The number of aryl methyl sites for hydroxylation is 1. The van der Waals surface area contributed by atoms with Crippen LogP contribution in [0.3, 0.4) is 0 Å². The molecular weight excluding hydrogens is 1780 g/mol. The van der Waals surface area contributed by atoms with E-state index in [1.54, 1.807) is 30.6 Å². The third-order valence-corrected chi connectivity index (χ3v) is 28.5. The third-order valence-electron chi connectivity index (χ3n) is 28.5. The van der Waals surface area contributed by atoms with Crippen molar-refractivity contribution in [2.24, 2.45) is 62.6 Å². The number of Topliss-reactive ketones (excluding diaryl/α,β-unsaturated/α-hetero) is 1. The number of hydrogen-bond donors (Lipinski definition) is 2. The summed E-state index contributed by atoms with van der Waals surface area (Å²) in [5.41, 5.74) is 17.7. The van der Waals surface area contributed by atoms with Crippen LogP contribution < -0.4 is 49.6 Å². The fraction of sp³-hybridized carbons (Fsp3) is 0.535. The van der Waals surface area contributed by atoms with E-state index in [1.165, 1.54) is 23.9 Å². The number of methoxy groups -OCH3 is 1. The number of ketones is 1. The smallest absolute Gasteiger partial charge is 0.321 e. The molecule has 39 heteroatoms. The predicted octanol–water partition coefficient (Wildman–Crippen LogP) is 12.4. The van der Waals surface area contributed by atoms with Gasteiger partial charge in [-0.05, 0) is 187 Å². The number of pyridine rings is 4. The SMILES string of the molecule is CC[C@@H](C)NC(=O)c1cc(N2CCC(C3=CCc4ncccc43)CC2)nc(OC)n1.Cc1ccc(C2CCN(c3nc(OCC4CC(F)C4)nc(C(=O)CC4CCC4)n3)CC2)nc1C(N)=O.N#CC1(COc2nc(C(=O)N3CC(F)(F)C3)cc(N3CCC(C4=NCc5ncccc54)CC3)n2)CC1.N#C[C@@H]1C[C@@H]1COc1nc(C(=O)N2CC(F)(F)C2)cc(N2CCC(C3=NCc4ncccc43)CC2)n1. The lowest BCUT2D eigenvalue weighted by atomic mass is 9.82. The molecule has 6 saturated heterocycles. The monoisotopic (exact) mass is 1890 g/mol. The quantitative estimate of drug-likeness (QED) is 0.0357. The topological polar surface area (TPSA) is 420 Å². The molecule has 0 spiro atoms. The number of carbonyl (C=O) groups excluding carboxylic acids is 5. The van der Waals surface area contributed by atoms with Gasteiger partial charge in [-0.2, -0.15) is 55.4 Å². The summed E-state index contributed by atoms with van der Waals surface area (Å²) in [6.07, 6.45) is 22.9. The number of piperidine rings is 4. The molecule has 8 aromatic rings. The van der Waals surface area contributed by atoms with Crippen LogP contribution in [0.15, 0.2) is 101 Å². The molecule has 0 unspecified atom stereocenters. The van der Waals surface area contributed by atoms with Gasteiger partial charge in [-0.1, -0.05) is 31.6 Å². The van der Waals surface area contributed by atoms with E-state index in [9.17, 15) is 51.2 Å². The van der Waals surface area contributed by atoms with E-state index in [1.807, 2.05) is 62.2 Å². The number of anilines is 4. The van der Waals surface area contributed by atoms with Gasteiger partial charge < -0.3 is 59.4 Å². The largest absolute Gasteiger partial charge is 0.467 e. The minimum atomic E-state index is -2.87. The highest BCUT2D eigenvalue weighted by Crippen LogP contribution is 2.46. The number of alkyl halides is 5. The summed E-state index contributed by atoms with van der Waals surface area (Å²) < 4.78 is 89.2. The third kappa shape index (κ3) is 22.2. The Kier molecular flexibility index (Phi) is 28.2. The fourth-order valence-electron chi connectivity index (χ4n) is 19.4. The number of aromatic nitrogens is 13. The first-order chi connectivity index (χ1) is 66.7. The number of allylic oxidation sites excluding steroid dienone is 2. The molecule has 16 heterocycles. The van der Waals surface area contributed by atoms with Crippen molar-refractivity contribution in [2.75, 3.05) is 125 Å². The number of likely N-dealkylation sites (tertiary alicyclic amines) is 2. The molecule has 4 amide bonds. The normalized spacial score (nSPS) is 21.7. The number of aliphatic imine (C=N–C) groups is 2. The van der Waals surface area contributed by atoms with Crippen LogP contribution in [-0.4, -0.2) is 245 Å². The van der Waals surface area contributed by atoms with E-state index in [0.717, 1.165) is 177 Å². The predicted molar refractivity (Wildman–Crippen MR) is 498 cm³/mol. The summed E-state index contributed by atoms with van der Waals surface area (Å²) >= 11 is 0. The number of fused-ring (bicyclic) bond motifs is 3. The van der Waals surface area contributed by atoms with E-state index in [4.69, 9.17) is 39.9 Å². The zero-order chi connectivity index (χ0) is 96.1. The van der Waals surface area contributed by atoms with Gasteiger partial charge in [0.15, 0.2) is 0 Å². The summed E-state index contributed by atoms with van der Waals surface area (Å²) in [6, 6.07) is 25.9. The number of carbonyl (C=O) groups is 5. The average Bonchev–Trinajstić information content (AvgIpc) is 1.50. The first-order valence-electron chi connectivity index (χ1n) is 48.1. The second-order valence-electron chi connectivity index (χ2n) is 38.4. The number of nitrogens with two attached hydrogens (primary N) is 1. The van der Waals surface area contributed by atoms with Crippen molar-refractivity contribution in [2.45, 2.75) is 186 Å². The van der Waals surface area contributed by atoms with E-state index < -0.39 is 67.3 Å². The van der Waals surface area contributed by atoms with Crippen LogP contribution in [0.5, 0.6) is 24.0 Å². The Hall–Kier alpha value is -13.5. The zero-order valence-corrected chi connectivity index (χ0v) is 77.8. The molecule has 8 aromatic heterocycles. The molecule has 10 fully saturated rings. The molecule has 4 saturated carbocycles. The standard InChI is InChI=1S/C26H33FN6O3.2C25H25F2N7O2.C23H29N5O2/c1-15-5-6-20(29-22(15)23(28)35)18-7-9-33(10-8-18)25-30-24(21(34)13-16-3-2-4-16)31-26(32-25)36-14-17-11-19(27)12-17;26-25(27)13-34(14-25)22(35)18-10-20(32-23(31-18)36-15-24(12-28)5-6-24)33-8-3-16(4-9-33)21-17-2-1-7-29-19(17)11-30-21;26-25(27)13-34(14-25)23(35)19-9-21(32-24(31-19)36-12-17-8-16(17)10-28)33-6-3-15(4-7-33)22-18-2-1-5-29-20(18)11-30-22;1-4-15(2)25-22(29)20-14-21(27-23(26-20)30-3)28-12-9-16(10-13-28)17-7-8-19-18(17)6-5-11-24-19/h5-6,16-19H,2-4,7-14H2,1H3,(H2,28,35);1-2,7,10,16H,3-6,8-9,11,13-15H2;1-2,5,9,15-17H,3-4,6-8,11-14H2;5-7,11,14-16H,4,8-10,12-13H2,1-3H3,(H,25,29)/t;;16-,17+;15-/m..01/s1. The van der Waals surface area contributed by atoms with Crippen LogP contribution >= 0.6 is 0 Å². The van der Waals surface area contributed by atoms with Crippen LogP contribution in [0, 0.1) is 76.4 Å². The molecule has 34 nitrogen and oxygen atoms in total. The highest BCUT2D eigenvalue weighted by molar-refractivity contribution is 6.06. The van der Waals surface area contributed by atoms with Crippen molar-refractivity contribution >= 4 is 69.8 Å². The summed E-state index contributed by atoms with van der Waals surface area (Å²) in [5.74, 6) is -3.30. The maximum Gasteiger partial charge on any atom is 0.321 e. The number of rotatable bonds is 27. The van der Waals surface area contributed by atoms with E-state index in [-0.39, 0.29) is 95.9 Å². The molecule has 0 bridgehead atoms. The van der Waals surface area contributed by atoms with Gasteiger partial charge >= 0.3 is 24.0 Å². The Morgan fingerprint density at radius 3 is 1.58 bits per heavy atom. The fourth-order valence-corrected chi connectivity index (χ4v) is 19.4. The summed E-state index contributed by atoms with van der Waals surface area (Å²) in [7, 11) is 1.53. The van der Waals surface area contributed by atoms with Gasteiger partial charge in [-0.3, -0.25) is 48.9 Å². The molecular formula is C99H112F5N25O9. The van der Waals surface area contributed by atoms with Crippen molar-refractivity contribution in [1.82, 2.24) is 79.9 Å². The Labute approximate surface area is 795 Å². The summed E-state index contributed by atoms with van der Waals surface area (Å²) in [4.78, 5) is 140. The molecule has 0 radical (unpaired) electrons. The molecule has 722 valence electrons. The lowest BCUT2D eigenvalue weighted by Crippen LogP contribution is -2.58. The van der Waals surface area contributed by atoms with Gasteiger partial charge in [0.05, 0.1) is 100 Å². The minimum Gasteiger partial charge on any atom is -0.467 e. The van der Waals surface area contributed by atoms with Crippen LogP contribution in [0.25, 0.3) is 5.57 Å². The molecule has 13 aliphatic rings. The van der Waals surface area contributed by atoms with E-state index in [2.05, 4.69) is 121 Å². The van der Waals surface area contributed by atoms with Gasteiger partial charge in [0.1, 0.15) is 53.0 Å². The second-order valence-corrected chi connectivity index (χ2v) is 38.4. The first kappa shape index (κ1) is 94.8. The number of primary amides is 1. The van der Waals surface area contributed by atoms with Gasteiger partial charge in [-0.25, -0.2) is 26.9 Å². The average molecular weight is 1890 g/mol. The van der Waals surface area contributed by atoms with Crippen molar-refractivity contribution in [3.63, 3.8) is 0 Å². The molecule has 5 aliphatic carbocycles. The van der Waals surface area contributed by atoms with Crippen LogP contribution in [0.4, 0.5) is 45.4 Å². The summed E-state index contributed by atoms with van der Waals surface area (Å²) in [5, 5.41) is 21.3. The second kappa shape index (κ2) is 41.0. The number of ether oxygens (including phenoxy) is 4. The molecule has 0 aromatic carbocycles. The Morgan fingerprint density at radius 2 is 1.07 bits per heavy atom. The number of hydrogen-bond acceptors (Lipinski definition) is 30. The molecule has 138 heavy (non-hydrogen) atoms. The van der Waals surface area contributed by atoms with Crippen LogP contribution in [-0.2, 0) is 19.5 Å². The van der Waals surface area contributed by atoms with E-state index in [0.29, 0.717) is 131 Å². The van der Waals surface area contributed by atoms with Crippen LogP contribution in [0.1, 0.15) is 233 Å². The van der Waals surface area contributed by atoms with Crippen molar-refractivity contribution in [3.05, 3.63) is 165 Å². The lowest BCUT2D eigenvalue weighted by molar-refractivity contribution is -0.113. The number of nitrogens with zero attached hydrogens (tertiary/aromatic N) is 23. The minimum absolute atomic E-state index is 0.00745. The van der Waals surface area contributed by atoms with Gasteiger partial charge in [-0.15, -0.1) is 0 Å². The maximum atomic E-state index is 13.4. The number of nitrogens with one attached hydrogen (secondary N) is 1. The highest BCUT2D eigenvalue weighted by atomic mass is 19.3. The maximum absolute atomic E-state index is 13.4. The summed E-state index contributed by atoms with van der Waals surface area (Å²) in [6.45, 7) is 11.2. The van der Waals surface area contributed by atoms with Crippen molar-refractivity contribution in [3.8, 4) is 36.2 Å². The Bertz CT molecular complexity index is 6060. The highest BCUT2D eigenvalue weighted by Gasteiger charge is 2.50.